The fourth-order valence-electron chi connectivity index (χ4n) is 3.41. The Morgan fingerprint density at radius 3 is 2.21 bits per heavy atom. The standard InChI is InChI=1S/C21H24BrN3O3/c22-18-7-5-17(6-8-18)3-1-2-4-21(26)24-15-13-23(14-16-24)19-9-11-20(12-10-19)25(27)28/h5-12H,1-4,13-16H2. The van der Waals surface area contributed by atoms with Crippen LogP contribution in [0.4, 0.5) is 11.4 Å². The molecule has 3 rings (SSSR count). The van der Waals surface area contributed by atoms with Crippen LogP contribution in [0.3, 0.4) is 0 Å². The SMILES string of the molecule is O=C(CCCCc1ccc(Br)cc1)N1CCN(c2ccc([N+](=O)[O-])cc2)CC1. The molecule has 1 saturated heterocycles. The second-order valence-electron chi connectivity index (χ2n) is 6.97. The molecule has 0 bridgehead atoms. The van der Waals surface area contributed by atoms with Crippen molar-refractivity contribution in [1.82, 2.24) is 4.90 Å². The minimum absolute atomic E-state index is 0.0979. The van der Waals surface area contributed by atoms with Crippen molar-refractivity contribution >= 4 is 33.2 Å². The quantitative estimate of drug-likeness (QED) is 0.359. The number of halogens is 1. The Kier molecular flexibility index (Phi) is 7.03. The van der Waals surface area contributed by atoms with E-state index in [1.165, 1.54) is 17.7 Å². The van der Waals surface area contributed by atoms with Gasteiger partial charge in [0.05, 0.1) is 4.92 Å². The van der Waals surface area contributed by atoms with Gasteiger partial charge in [-0.3, -0.25) is 14.9 Å². The Balaban J connectivity index is 1.38. The molecule has 1 aliphatic rings. The molecule has 28 heavy (non-hydrogen) atoms. The number of nitro benzene ring substituents is 1. The molecule has 0 radical (unpaired) electrons. The maximum absolute atomic E-state index is 12.4. The van der Waals surface area contributed by atoms with Crippen LogP contribution in [0.15, 0.2) is 53.0 Å². The summed E-state index contributed by atoms with van der Waals surface area (Å²) < 4.78 is 1.08. The first-order valence-electron chi connectivity index (χ1n) is 9.54. The van der Waals surface area contributed by atoms with Gasteiger partial charge in [-0.2, -0.15) is 0 Å². The molecule has 1 amide bonds. The minimum Gasteiger partial charge on any atom is -0.368 e. The van der Waals surface area contributed by atoms with Crippen molar-refractivity contribution in [3.8, 4) is 0 Å². The number of hydrogen-bond acceptors (Lipinski definition) is 4. The van der Waals surface area contributed by atoms with Crippen LogP contribution in [0.1, 0.15) is 24.8 Å². The first-order chi connectivity index (χ1) is 13.5. The van der Waals surface area contributed by atoms with E-state index in [2.05, 4.69) is 33.0 Å². The molecule has 148 valence electrons. The summed E-state index contributed by atoms with van der Waals surface area (Å²) in [6.07, 6.45) is 3.50. The lowest BCUT2D eigenvalue weighted by Crippen LogP contribution is -2.48. The van der Waals surface area contributed by atoms with Gasteiger partial charge in [0.1, 0.15) is 0 Å². The number of rotatable bonds is 7. The predicted molar refractivity (Wildman–Crippen MR) is 114 cm³/mol. The van der Waals surface area contributed by atoms with Crippen LogP contribution < -0.4 is 4.90 Å². The van der Waals surface area contributed by atoms with E-state index in [-0.39, 0.29) is 11.6 Å². The molecule has 2 aromatic carbocycles. The smallest absolute Gasteiger partial charge is 0.269 e. The topological polar surface area (TPSA) is 66.7 Å². The Morgan fingerprint density at radius 2 is 1.61 bits per heavy atom. The average Bonchev–Trinajstić information content (AvgIpc) is 2.72. The van der Waals surface area contributed by atoms with E-state index in [9.17, 15) is 14.9 Å². The number of non-ortho nitro benzene ring substituents is 1. The van der Waals surface area contributed by atoms with E-state index in [4.69, 9.17) is 0 Å². The van der Waals surface area contributed by atoms with E-state index in [0.29, 0.717) is 19.5 Å². The van der Waals surface area contributed by atoms with Crippen molar-refractivity contribution in [2.45, 2.75) is 25.7 Å². The largest absolute Gasteiger partial charge is 0.368 e. The summed E-state index contributed by atoms with van der Waals surface area (Å²) in [6.45, 7) is 2.90. The molecular formula is C21H24BrN3O3. The lowest BCUT2D eigenvalue weighted by molar-refractivity contribution is -0.384. The second-order valence-corrected chi connectivity index (χ2v) is 7.89. The number of piperazine rings is 1. The maximum atomic E-state index is 12.4. The van der Waals surface area contributed by atoms with Gasteiger partial charge in [0, 0.05) is 54.9 Å². The molecule has 6 nitrogen and oxygen atoms in total. The Bertz CT molecular complexity index is 801. The van der Waals surface area contributed by atoms with Crippen LogP contribution in [0.2, 0.25) is 0 Å². The summed E-state index contributed by atoms with van der Waals surface area (Å²) >= 11 is 3.44. The molecule has 0 saturated carbocycles. The van der Waals surface area contributed by atoms with Gasteiger partial charge in [0.2, 0.25) is 5.91 Å². The Morgan fingerprint density at radius 1 is 0.964 bits per heavy atom. The van der Waals surface area contributed by atoms with E-state index < -0.39 is 4.92 Å². The number of carbonyl (C=O) groups is 1. The van der Waals surface area contributed by atoms with Crippen LogP contribution in [-0.2, 0) is 11.2 Å². The first kappa shape index (κ1) is 20.3. The van der Waals surface area contributed by atoms with Crippen molar-refractivity contribution < 1.29 is 9.72 Å². The molecule has 0 aromatic heterocycles. The minimum atomic E-state index is -0.392. The molecule has 1 aliphatic heterocycles. The van der Waals surface area contributed by atoms with E-state index in [1.54, 1.807) is 12.1 Å². The highest BCUT2D eigenvalue weighted by atomic mass is 79.9. The third-order valence-electron chi connectivity index (χ3n) is 5.08. The molecule has 0 spiro atoms. The van der Waals surface area contributed by atoms with Crippen LogP contribution in [0.25, 0.3) is 0 Å². The van der Waals surface area contributed by atoms with Crippen molar-refractivity contribution in [2.24, 2.45) is 0 Å². The molecular weight excluding hydrogens is 422 g/mol. The van der Waals surface area contributed by atoms with Crippen molar-refractivity contribution in [2.75, 3.05) is 31.1 Å². The van der Waals surface area contributed by atoms with Gasteiger partial charge in [-0.15, -0.1) is 0 Å². The molecule has 2 aromatic rings. The van der Waals surface area contributed by atoms with Crippen molar-refractivity contribution in [3.63, 3.8) is 0 Å². The number of nitro groups is 1. The van der Waals surface area contributed by atoms with Crippen LogP contribution in [-0.4, -0.2) is 41.9 Å². The van der Waals surface area contributed by atoms with E-state index in [1.807, 2.05) is 17.0 Å². The monoisotopic (exact) mass is 445 g/mol. The van der Waals surface area contributed by atoms with Crippen molar-refractivity contribution in [1.29, 1.82) is 0 Å². The maximum Gasteiger partial charge on any atom is 0.269 e. The van der Waals surface area contributed by atoms with Gasteiger partial charge in [0.15, 0.2) is 0 Å². The zero-order valence-corrected chi connectivity index (χ0v) is 17.3. The third-order valence-corrected chi connectivity index (χ3v) is 5.61. The zero-order chi connectivity index (χ0) is 19.9. The molecule has 7 heteroatoms. The number of nitrogens with zero attached hydrogens (tertiary/aromatic N) is 3. The van der Waals surface area contributed by atoms with Gasteiger partial charge in [-0.25, -0.2) is 0 Å². The first-order valence-corrected chi connectivity index (χ1v) is 10.3. The summed E-state index contributed by atoms with van der Waals surface area (Å²) in [5.41, 5.74) is 2.36. The highest BCUT2D eigenvalue weighted by Gasteiger charge is 2.21. The second kappa shape index (κ2) is 9.68. The van der Waals surface area contributed by atoms with Crippen molar-refractivity contribution in [3.05, 3.63) is 68.7 Å². The number of benzene rings is 2. The lowest BCUT2D eigenvalue weighted by atomic mass is 10.1. The van der Waals surface area contributed by atoms with Crippen LogP contribution >= 0.6 is 15.9 Å². The number of amides is 1. The third kappa shape index (κ3) is 5.55. The summed E-state index contributed by atoms with van der Waals surface area (Å²) in [6, 6.07) is 14.9. The summed E-state index contributed by atoms with van der Waals surface area (Å²) in [4.78, 5) is 26.9. The number of aryl methyl sites for hydroxylation is 1. The summed E-state index contributed by atoms with van der Waals surface area (Å²) in [5, 5.41) is 10.8. The van der Waals surface area contributed by atoms with Gasteiger partial charge < -0.3 is 9.80 Å². The molecule has 0 N–H and O–H groups in total. The average molecular weight is 446 g/mol. The summed E-state index contributed by atoms with van der Waals surface area (Å²) in [7, 11) is 0. The highest BCUT2D eigenvalue weighted by molar-refractivity contribution is 9.10. The number of unbranched alkanes of at least 4 members (excludes halogenated alkanes) is 1. The molecule has 1 fully saturated rings. The van der Waals surface area contributed by atoms with Gasteiger partial charge in [-0.1, -0.05) is 28.1 Å². The molecule has 0 atom stereocenters. The number of hydrogen-bond donors (Lipinski definition) is 0. The molecule has 0 unspecified atom stereocenters. The molecule has 1 heterocycles. The van der Waals surface area contributed by atoms with Gasteiger partial charge >= 0.3 is 0 Å². The fourth-order valence-corrected chi connectivity index (χ4v) is 3.68. The van der Waals surface area contributed by atoms with Gasteiger partial charge in [0.25, 0.3) is 5.69 Å². The van der Waals surface area contributed by atoms with Gasteiger partial charge in [-0.05, 0) is 49.1 Å². The number of anilines is 1. The Labute approximate surface area is 173 Å². The van der Waals surface area contributed by atoms with E-state index in [0.717, 1.165) is 42.5 Å². The zero-order valence-electron chi connectivity index (χ0n) is 15.7. The lowest BCUT2D eigenvalue weighted by Gasteiger charge is -2.36. The number of carbonyl (C=O) groups excluding carboxylic acids is 1. The molecule has 0 aliphatic carbocycles. The normalized spacial score (nSPS) is 14.2. The fraction of sp³-hybridized carbons (Fsp3) is 0.381. The van der Waals surface area contributed by atoms with E-state index >= 15 is 0 Å². The summed E-state index contributed by atoms with van der Waals surface area (Å²) in [5.74, 6) is 0.221. The van der Waals surface area contributed by atoms with Crippen LogP contribution in [0.5, 0.6) is 0 Å². The Hall–Kier alpha value is -2.41. The predicted octanol–water partition coefficient (Wildman–Crippen LogP) is 4.42. The van der Waals surface area contributed by atoms with Crippen LogP contribution in [0, 0.1) is 10.1 Å². The highest BCUT2D eigenvalue weighted by Crippen LogP contribution is 2.21.